The van der Waals surface area contributed by atoms with Crippen molar-refractivity contribution in [3.8, 4) is 11.5 Å². The highest BCUT2D eigenvalue weighted by molar-refractivity contribution is 6.23. The number of carbonyl (C=O) groups is 4. The van der Waals surface area contributed by atoms with Crippen molar-refractivity contribution in [2.45, 2.75) is 12.5 Å². The van der Waals surface area contributed by atoms with Crippen LogP contribution >= 0.6 is 0 Å². The molecule has 3 aromatic carbocycles. The second-order valence-electron chi connectivity index (χ2n) is 7.67. The van der Waals surface area contributed by atoms with E-state index in [2.05, 4.69) is 5.43 Å². The minimum atomic E-state index is -1.22. The van der Waals surface area contributed by atoms with E-state index in [1.54, 1.807) is 66.7 Å². The smallest absolute Gasteiger partial charge is 0.273 e. The molecule has 1 heterocycles. The molecule has 3 aromatic rings. The van der Waals surface area contributed by atoms with Crippen LogP contribution in [0.5, 0.6) is 11.5 Å². The van der Waals surface area contributed by atoms with Gasteiger partial charge >= 0.3 is 0 Å². The number of methoxy groups -OCH3 is 2. The van der Waals surface area contributed by atoms with Crippen molar-refractivity contribution >= 4 is 29.3 Å². The summed E-state index contributed by atoms with van der Waals surface area (Å²) in [5, 5.41) is 0.928. The van der Waals surface area contributed by atoms with Gasteiger partial charge < -0.3 is 9.47 Å². The molecule has 1 saturated heterocycles. The Morgan fingerprint density at radius 1 is 0.857 bits per heavy atom. The Bertz CT molecular complexity index is 1260. The molecule has 9 heteroatoms. The maximum absolute atomic E-state index is 13.4. The molecule has 0 radical (unpaired) electrons. The van der Waals surface area contributed by atoms with Gasteiger partial charge in [0.05, 0.1) is 26.3 Å². The highest BCUT2D eigenvalue weighted by Crippen LogP contribution is 2.28. The van der Waals surface area contributed by atoms with Crippen LogP contribution in [0.4, 0.5) is 5.69 Å². The number of amides is 4. The van der Waals surface area contributed by atoms with Crippen LogP contribution in [-0.4, -0.2) is 48.9 Å². The van der Waals surface area contributed by atoms with E-state index in [0.29, 0.717) is 17.2 Å². The van der Waals surface area contributed by atoms with E-state index in [1.807, 2.05) is 0 Å². The number of hydrogen-bond donors (Lipinski definition) is 1. The van der Waals surface area contributed by atoms with Crippen LogP contribution in [0.15, 0.2) is 78.9 Å². The van der Waals surface area contributed by atoms with Crippen LogP contribution in [0.3, 0.4) is 0 Å². The third-order valence-corrected chi connectivity index (χ3v) is 5.56. The SMILES string of the molecule is COc1ccc(C(=O)NN(C(=O)c2ccccc2)C2CC(=O)N(c3ccccc3)C2=O)cc1OC. The summed E-state index contributed by atoms with van der Waals surface area (Å²) in [6.07, 6.45) is -0.279. The molecule has 1 aliphatic rings. The Morgan fingerprint density at radius 2 is 1.49 bits per heavy atom. The summed E-state index contributed by atoms with van der Waals surface area (Å²) in [6.45, 7) is 0. The van der Waals surface area contributed by atoms with Crippen LogP contribution in [0, 0.1) is 0 Å². The van der Waals surface area contributed by atoms with E-state index >= 15 is 0 Å². The topological polar surface area (TPSA) is 105 Å². The Balaban J connectivity index is 1.67. The van der Waals surface area contributed by atoms with Crippen molar-refractivity contribution in [3.05, 3.63) is 90.0 Å². The van der Waals surface area contributed by atoms with E-state index in [9.17, 15) is 19.2 Å². The van der Waals surface area contributed by atoms with Gasteiger partial charge in [-0.3, -0.25) is 24.6 Å². The van der Waals surface area contributed by atoms with Crippen LogP contribution < -0.4 is 19.8 Å². The van der Waals surface area contributed by atoms with Crippen LogP contribution in [-0.2, 0) is 9.59 Å². The highest BCUT2D eigenvalue weighted by atomic mass is 16.5. The predicted octanol–water partition coefficient (Wildman–Crippen LogP) is 2.82. The fourth-order valence-electron chi connectivity index (χ4n) is 3.81. The van der Waals surface area contributed by atoms with Gasteiger partial charge in [-0.25, -0.2) is 9.91 Å². The largest absolute Gasteiger partial charge is 0.493 e. The fraction of sp³-hybridized carbons (Fsp3) is 0.154. The summed E-state index contributed by atoms with van der Waals surface area (Å²) in [5.41, 5.74) is 3.35. The molecule has 0 spiro atoms. The van der Waals surface area contributed by atoms with Gasteiger partial charge in [0.2, 0.25) is 5.91 Å². The van der Waals surface area contributed by atoms with Crippen molar-refractivity contribution in [2.24, 2.45) is 0 Å². The monoisotopic (exact) mass is 473 g/mol. The van der Waals surface area contributed by atoms with Crippen molar-refractivity contribution in [2.75, 3.05) is 19.1 Å². The maximum Gasteiger partial charge on any atom is 0.273 e. The quantitative estimate of drug-likeness (QED) is 0.436. The summed E-state index contributed by atoms with van der Waals surface area (Å²) < 4.78 is 10.5. The molecule has 1 fully saturated rings. The second kappa shape index (κ2) is 10.1. The lowest BCUT2D eigenvalue weighted by atomic mass is 10.1. The third-order valence-electron chi connectivity index (χ3n) is 5.56. The molecule has 0 aromatic heterocycles. The first-order valence-corrected chi connectivity index (χ1v) is 10.8. The standard InChI is InChI=1S/C26H23N3O6/c1-34-21-14-13-18(15-22(21)35-2)24(31)27-29(25(32)17-9-5-3-6-10-17)20-16-23(30)28(26(20)33)19-11-7-4-8-12-19/h3-15,20H,16H2,1-2H3,(H,27,31). The first-order valence-electron chi connectivity index (χ1n) is 10.8. The summed E-state index contributed by atoms with van der Waals surface area (Å²) in [4.78, 5) is 53.7. The fourth-order valence-corrected chi connectivity index (χ4v) is 3.81. The summed E-state index contributed by atoms with van der Waals surface area (Å²) in [6, 6.07) is 19.9. The number of nitrogens with one attached hydrogen (secondary N) is 1. The number of hydrazine groups is 1. The maximum atomic E-state index is 13.4. The number of imide groups is 1. The molecular weight excluding hydrogens is 450 g/mol. The summed E-state index contributed by atoms with van der Waals surface area (Å²) >= 11 is 0. The lowest BCUT2D eigenvalue weighted by molar-refractivity contribution is -0.122. The number of carbonyl (C=O) groups excluding carboxylic acids is 4. The Morgan fingerprint density at radius 3 is 2.11 bits per heavy atom. The average molecular weight is 473 g/mol. The number of hydrogen-bond acceptors (Lipinski definition) is 6. The number of benzene rings is 3. The summed E-state index contributed by atoms with van der Waals surface area (Å²) in [7, 11) is 2.91. The van der Waals surface area contributed by atoms with Crippen molar-refractivity contribution in [3.63, 3.8) is 0 Å². The van der Waals surface area contributed by atoms with Gasteiger partial charge in [-0.15, -0.1) is 0 Å². The number of ether oxygens (including phenoxy) is 2. The normalized spacial score (nSPS) is 15.0. The zero-order valence-electron chi connectivity index (χ0n) is 19.1. The molecule has 4 rings (SSSR count). The van der Waals surface area contributed by atoms with Gasteiger partial charge in [-0.05, 0) is 42.5 Å². The zero-order chi connectivity index (χ0) is 24.9. The number of rotatable bonds is 6. The lowest BCUT2D eigenvalue weighted by Crippen LogP contribution is -2.54. The van der Waals surface area contributed by atoms with E-state index in [0.717, 1.165) is 9.91 Å². The molecule has 0 saturated carbocycles. The minimum absolute atomic E-state index is 0.171. The molecule has 0 aliphatic carbocycles. The molecule has 9 nitrogen and oxygen atoms in total. The van der Waals surface area contributed by atoms with Crippen LogP contribution in [0.25, 0.3) is 0 Å². The molecule has 1 unspecified atom stereocenters. The minimum Gasteiger partial charge on any atom is -0.493 e. The van der Waals surface area contributed by atoms with Gasteiger partial charge in [0.25, 0.3) is 17.7 Å². The van der Waals surface area contributed by atoms with Gasteiger partial charge in [0.15, 0.2) is 11.5 Å². The molecule has 1 atom stereocenters. The Kier molecular flexibility index (Phi) is 6.77. The Hall–Kier alpha value is -4.66. The van der Waals surface area contributed by atoms with E-state index in [4.69, 9.17) is 9.47 Å². The van der Waals surface area contributed by atoms with Crippen LogP contribution in [0.2, 0.25) is 0 Å². The molecule has 178 valence electrons. The molecule has 35 heavy (non-hydrogen) atoms. The highest BCUT2D eigenvalue weighted by Gasteiger charge is 2.45. The zero-order valence-corrected chi connectivity index (χ0v) is 19.1. The van der Waals surface area contributed by atoms with Crippen molar-refractivity contribution in [1.29, 1.82) is 0 Å². The average Bonchev–Trinajstić information content (AvgIpc) is 3.20. The van der Waals surface area contributed by atoms with E-state index < -0.39 is 29.7 Å². The second-order valence-corrected chi connectivity index (χ2v) is 7.67. The van der Waals surface area contributed by atoms with Crippen molar-refractivity contribution in [1.82, 2.24) is 10.4 Å². The Labute approximate surface area is 201 Å². The summed E-state index contributed by atoms with van der Waals surface area (Å²) in [5.74, 6) is -1.62. The number of anilines is 1. The number of nitrogens with zero attached hydrogens (tertiary/aromatic N) is 2. The molecular formula is C26H23N3O6. The van der Waals surface area contributed by atoms with Gasteiger partial charge in [0.1, 0.15) is 6.04 Å². The van der Waals surface area contributed by atoms with Gasteiger partial charge in [-0.2, -0.15) is 0 Å². The lowest BCUT2D eigenvalue weighted by Gasteiger charge is -2.28. The van der Waals surface area contributed by atoms with E-state index in [-0.39, 0.29) is 17.5 Å². The molecule has 0 bridgehead atoms. The first kappa shape index (κ1) is 23.5. The molecule has 1 aliphatic heterocycles. The van der Waals surface area contributed by atoms with E-state index in [1.165, 1.54) is 26.4 Å². The van der Waals surface area contributed by atoms with Gasteiger partial charge in [-0.1, -0.05) is 36.4 Å². The first-order chi connectivity index (χ1) is 16.9. The van der Waals surface area contributed by atoms with Crippen LogP contribution in [0.1, 0.15) is 27.1 Å². The predicted molar refractivity (Wildman–Crippen MR) is 127 cm³/mol. The van der Waals surface area contributed by atoms with Gasteiger partial charge in [0, 0.05) is 11.1 Å². The molecule has 1 N–H and O–H groups in total. The van der Waals surface area contributed by atoms with Crippen molar-refractivity contribution < 1.29 is 28.7 Å². The number of para-hydroxylation sites is 1. The third kappa shape index (κ3) is 4.70. The molecule has 4 amide bonds.